The van der Waals surface area contributed by atoms with Gasteiger partial charge in [-0.1, -0.05) is 43.9 Å². The summed E-state index contributed by atoms with van der Waals surface area (Å²) < 4.78 is 0. The molecule has 6 heteroatoms. The molecule has 3 aliphatic rings. The molecule has 2 fully saturated rings. The number of hydrogen-bond acceptors (Lipinski definition) is 3. The highest BCUT2D eigenvalue weighted by atomic mass is 16.2. The quantitative estimate of drug-likeness (QED) is 0.741. The number of amides is 3. The predicted molar refractivity (Wildman–Crippen MR) is 120 cm³/mol. The van der Waals surface area contributed by atoms with Gasteiger partial charge in [0.1, 0.15) is 0 Å². The molecule has 0 unspecified atom stereocenters. The molecule has 6 nitrogen and oxygen atoms in total. The lowest BCUT2D eigenvalue weighted by molar-refractivity contribution is -0.138. The van der Waals surface area contributed by atoms with Crippen LogP contribution in [0.2, 0.25) is 0 Å². The minimum Gasteiger partial charge on any atom is -0.337 e. The highest BCUT2D eigenvalue weighted by Crippen LogP contribution is 2.34. The molecule has 0 N–H and O–H groups in total. The largest absolute Gasteiger partial charge is 0.337 e. The number of carbonyl (C=O) groups excluding carboxylic acids is 3. The molecule has 1 saturated carbocycles. The first-order valence-electron chi connectivity index (χ1n) is 12.1. The molecule has 2 aliphatic heterocycles. The number of benzene rings is 1. The monoisotopic (exact) mass is 425 g/mol. The number of fused-ring (bicyclic) bond motifs is 1. The molecule has 3 amide bonds. The van der Waals surface area contributed by atoms with E-state index in [1.54, 1.807) is 4.90 Å². The minimum atomic E-state index is 0.0139. The summed E-state index contributed by atoms with van der Waals surface area (Å²) in [7, 11) is 0. The van der Waals surface area contributed by atoms with E-state index in [1.165, 1.54) is 6.42 Å². The standard InChI is InChI=1S/C25H35N3O3/c29-23-12-9-16-27(23)19-24(30)26-15-7-3-1-2-4-8-17-28(25(31)20-13-14-20)22-11-6-5-10-21(22)18-26/h5-6,10-11,20H,1-4,7-9,12-19H2. The van der Waals surface area contributed by atoms with Crippen LogP contribution in [0.15, 0.2) is 24.3 Å². The van der Waals surface area contributed by atoms with Crippen molar-refractivity contribution < 1.29 is 14.4 Å². The second kappa shape index (κ2) is 10.3. The van der Waals surface area contributed by atoms with Gasteiger partial charge in [0.15, 0.2) is 0 Å². The number of anilines is 1. The number of nitrogens with zero attached hydrogens (tertiary/aromatic N) is 3. The fourth-order valence-corrected chi connectivity index (χ4v) is 4.72. The molecule has 0 atom stereocenters. The summed E-state index contributed by atoms with van der Waals surface area (Å²) in [6, 6.07) is 8.05. The third-order valence-corrected chi connectivity index (χ3v) is 6.75. The fraction of sp³-hybridized carbons (Fsp3) is 0.640. The zero-order valence-corrected chi connectivity index (χ0v) is 18.6. The first-order valence-corrected chi connectivity index (χ1v) is 12.1. The second-order valence-corrected chi connectivity index (χ2v) is 9.25. The Morgan fingerprint density at radius 2 is 1.58 bits per heavy atom. The van der Waals surface area contributed by atoms with Crippen molar-refractivity contribution in [3.8, 4) is 0 Å². The van der Waals surface area contributed by atoms with E-state index in [9.17, 15) is 14.4 Å². The fourth-order valence-electron chi connectivity index (χ4n) is 4.72. The van der Waals surface area contributed by atoms with Crippen LogP contribution in [-0.4, -0.2) is 53.7 Å². The van der Waals surface area contributed by atoms with Crippen molar-refractivity contribution >= 4 is 23.4 Å². The van der Waals surface area contributed by atoms with E-state index in [2.05, 4.69) is 0 Å². The topological polar surface area (TPSA) is 60.9 Å². The molecule has 0 radical (unpaired) electrons. The van der Waals surface area contributed by atoms with Crippen molar-refractivity contribution in [3.63, 3.8) is 0 Å². The minimum absolute atomic E-state index is 0.0139. The van der Waals surface area contributed by atoms with Crippen molar-refractivity contribution in [2.24, 2.45) is 5.92 Å². The zero-order chi connectivity index (χ0) is 21.6. The van der Waals surface area contributed by atoms with Gasteiger partial charge in [-0.15, -0.1) is 0 Å². The van der Waals surface area contributed by atoms with E-state index < -0.39 is 0 Å². The summed E-state index contributed by atoms with van der Waals surface area (Å²) in [6.07, 6.45) is 9.95. The van der Waals surface area contributed by atoms with Gasteiger partial charge in [-0.2, -0.15) is 0 Å². The average Bonchev–Trinajstić information content (AvgIpc) is 3.54. The van der Waals surface area contributed by atoms with Crippen molar-refractivity contribution in [3.05, 3.63) is 29.8 Å². The molecular weight excluding hydrogens is 390 g/mol. The molecule has 168 valence electrons. The van der Waals surface area contributed by atoms with Crippen molar-refractivity contribution in [1.29, 1.82) is 0 Å². The lowest BCUT2D eigenvalue weighted by Gasteiger charge is -2.29. The summed E-state index contributed by atoms with van der Waals surface area (Å²) in [6.45, 7) is 2.80. The Morgan fingerprint density at radius 1 is 0.871 bits per heavy atom. The van der Waals surface area contributed by atoms with E-state index in [4.69, 9.17) is 0 Å². The SMILES string of the molecule is O=C1CCCN1CC(=O)N1CCCCCCCCN(C(=O)C2CC2)c2ccccc2C1. The van der Waals surface area contributed by atoms with Gasteiger partial charge in [0, 0.05) is 44.2 Å². The number of rotatable bonds is 3. The number of carbonyl (C=O) groups is 3. The lowest BCUT2D eigenvalue weighted by atomic mass is 10.1. The second-order valence-electron chi connectivity index (χ2n) is 9.25. The maximum absolute atomic E-state index is 13.2. The lowest BCUT2D eigenvalue weighted by Crippen LogP contribution is -2.41. The molecule has 1 saturated heterocycles. The number of para-hydroxylation sites is 1. The van der Waals surface area contributed by atoms with Crippen LogP contribution in [-0.2, 0) is 20.9 Å². The van der Waals surface area contributed by atoms with Crippen LogP contribution in [0, 0.1) is 5.92 Å². The maximum atomic E-state index is 13.2. The van der Waals surface area contributed by atoms with Crippen LogP contribution in [0.1, 0.15) is 69.8 Å². The van der Waals surface area contributed by atoms with Gasteiger partial charge in [0.05, 0.1) is 6.54 Å². The van der Waals surface area contributed by atoms with E-state index in [1.807, 2.05) is 34.1 Å². The van der Waals surface area contributed by atoms with Gasteiger partial charge in [0.2, 0.25) is 17.7 Å². The van der Waals surface area contributed by atoms with Crippen LogP contribution in [0.5, 0.6) is 0 Å². The van der Waals surface area contributed by atoms with Gasteiger partial charge < -0.3 is 14.7 Å². The Kier molecular flexibility index (Phi) is 7.25. The molecule has 31 heavy (non-hydrogen) atoms. The summed E-state index contributed by atoms with van der Waals surface area (Å²) >= 11 is 0. The number of hydrogen-bond donors (Lipinski definition) is 0. The Morgan fingerprint density at radius 3 is 2.29 bits per heavy atom. The first-order chi connectivity index (χ1) is 15.1. The molecule has 4 rings (SSSR count). The highest BCUT2D eigenvalue weighted by molar-refractivity contribution is 5.97. The molecule has 1 aliphatic carbocycles. The maximum Gasteiger partial charge on any atom is 0.242 e. The van der Waals surface area contributed by atoms with Crippen LogP contribution in [0.4, 0.5) is 5.69 Å². The normalized spacial score (nSPS) is 21.2. The first kappa shape index (κ1) is 21.8. The highest BCUT2D eigenvalue weighted by Gasteiger charge is 2.35. The molecular formula is C25H35N3O3. The van der Waals surface area contributed by atoms with Crippen molar-refractivity contribution in [1.82, 2.24) is 9.80 Å². The molecule has 2 heterocycles. The van der Waals surface area contributed by atoms with Gasteiger partial charge in [-0.25, -0.2) is 0 Å². The van der Waals surface area contributed by atoms with Gasteiger partial charge >= 0.3 is 0 Å². The van der Waals surface area contributed by atoms with Gasteiger partial charge in [-0.3, -0.25) is 14.4 Å². The van der Waals surface area contributed by atoms with Crippen molar-refractivity contribution in [2.45, 2.75) is 70.8 Å². The van der Waals surface area contributed by atoms with E-state index in [0.29, 0.717) is 26.1 Å². The molecule has 0 aromatic heterocycles. The van der Waals surface area contributed by atoms with Crippen LogP contribution in [0.25, 0.3) is 0 Å². The summed E-state index contributed by atoms with van der Waals surface area (Å²) in [5.41, 5.74) is 1.98. The van der Waals surface area contributed by atoms with Crippen LogP contribution >= 0.6 is 0 Å². The van der Waals surface area contributed by atoms with E-state index in [-0.39, 0.29) is 30.2 Å². The van der Waals surface area contributed by atoms with Gasteiger partial charge in [0.25, 0.3) is 0 Å². The van der Waals surface area contributed by atoms with Crippen molar-refractivity contribution in [2.75, 3.05) is 31.1 Å². The zero-order valence-electron chi connectivity index (χ0n) is 18.6. The van der Waals surface area contributed by atoms with Crippen LogP contribution in [0.3, 0.4) is 0 Å². The third kappa shape index (κ3) is 5.66. The Balaban J connectivity index is 1.57. The molecule has 1 aromatic carbocycles. The Bertz CT molecular complexity index is 805. The summed E-state index contributed by atoms with van der Waals surface area (Å²) in [5.74, 6) is 0.506. The third-order valence-electron chi connectivity index (χ3n) is 6.75. The average molecular weight is 426 g/mol. The molecule has 1 aromatic rings. The smallest absolute Gasteiger partial charge is 0.242 e. The van der Waals surface area contributed by atoms with Gasteiger partial charge in [-0.05, 0) is 43.7 Å². The van der Waals surface area contributed by atoms with E-state index >= 15 is 0 Å². The summed E-state index contributed by atoms with van der Waals surface area (Å²) in [4.78, 5) is 43.9. The predicted octanol–water partition coefficient (Wildman–Crippen LogP) is 3.73. The summed E-state index contributed by atoms with van der Waals surface area (Å²) in [5, 5.41) is 0. The molecule has 0 spiro atoms. The Labute approximate surface area is 185 Å². The number of likely N-dealkylation sites (tertiary alicyclic amines) is 1. The van der Waals surface area contributed by atoms with Crippen LogP contribution < -0.4 is 4.90 Å². The Hall–Kier alpha value is -2.37. The molecule has 0 bridgehead atoms. The van der Waals surface area contributed by atoms with E-state index in [0.717, 1.165) is 69.2 Å².